The first-order chi connectivity index (χ1) is 9.34. The standard InChI is InChI=1S/C12H11NO6S/c1-7-8(2)12(15)18-11-5-9(3-4-10(7)11)19-20(16,17)13-6-14/h3-6H,1-2H3,(H,13,14). The Balaban J connectivity index is 2.53. The zero-order valence-corrected chi connectivity index (χ0v) is 11.5. The molecule has 0 spiro atoms. The average Bonchev–Trinajstić information content (AvgIpc) is 2.35. The van der Waals surface area contributed by atoms with E-state index in [1.165, 1.54) is 16.9 Å². The Morgan fingerprint density at radius 3 is 2.60 bits per heavy atom. The van der Waals surface area contributed by atoms with Crippen molar-refractivity contribution in [2.24, 2.45) is 0 Å². The van der Waals surface area contributed by atoms with E-state index in [0.29, 0.717) is 10.9 Å². The lowest BCUT2D eigenvalue weighted by Crippen LogP contribution is -2.26. The van der Waals surface area contributed by atoms with Crippen LogP contribution in [0.1, 0.15) is 11.1 Å². The Morgan fingerprint density at radius 1 is 1.25 bits per heavy atom. The summed E-state index contributed by atoms with van der Waals surface area (Å²) in [6.07, 6.45) is -0.00991. The number of rotatable bonds is 4. The Hall–Kier alpha value is -2.35. The quantitative estimate of drug-likeness (QED) is 0.661. The lowest BCUT2D eigenvalue weighted by molar-refractivity contribution is -0.108. The first kappa shape index (κ1) is 14.1. The van der Waals surface area contributed by atoms with Gasteiger partial charge in [-0.15, -0.1) is 0 Å². The number of carbonyl (C=O) groups is 1. The Bertz CT molecular complexity index is 837. The molecule has 0 saturated carbocycles. The molecule has 0 radical (unpaired) electrons. The average molecular weight is 297 g/mol. The van der Waals surface area contributed by atoms with Gasteiger partial charge in [-0.05, 0) is 31.5 Å². The summed E-state index contributed by atoms with van der Waals surface area (Å²) in [5.41, 5.74) is 0.941. The van der Waals surface area contributed by atoms with Crippen molar-refractivity contribution < 1.29 is 21.8 Å². The molecular weight excluding hydrogens is 286 g/mol. The van der Waals surface area contributed by atoms with Crippen molar-refractivity contribution in [1.29, 1.82) is 0 Å². The number of benzene rings is 1. The fraction of sp³-hybridized carbons (Fsp3) is 0.167. The van der Waals surface area contributed by atoms with Crippen LogP contribution in [-0.2, 0) is 15.1 Å². The summed E-state index contributed by atoms with van der Waals surface area (Å²) in [7, 11) is -4.22. The van der Waals surface area contributed by atoms with Gasteiger partial charge in [0.25, 0.3) is 0 Å². The van der Waals surface area contributed by atoms with Crippen molar-refractivity contribution >= 4 is 27.7 Å². The lowest BCUT2D eigenvalue weighted by atomic mass is 10.1. The first-order valence-electron chi connectivity index (χ1n) is 5.53. The molecule has 7 nitrogen and oxygen atoms in total. The number of carbonyl (C=O) groups excluding carboxylic acids is 1. The zero-order chi connectivity index (χ0) is 14.9. The summed E-state index contributed by atoms with van der Waals surface area (Å²) in [5, 5.41) is 0.676. The van der Waals surface area contributed by atoms with Gasteiger partial charge in [-0.1, -0.05) is 0 Å². The maximum absolute atomic E-state index is 11.6. The van der Waals surface area contributed by atoms with Crippen molar-refractivity contribution in [3.05, 3.63) is 39.7 Å². The Labute approximate surface area is 114 Å². The predicted octanol–water partition coefficient (Wildman–Crippen LogP) is 0.779. The predicted molar refractivity (Wildman–Crippen MR) is 70.7 cm³/mol. The van der Waals surface area contributed by atoms with Crippen molar-refractivity contribution in [1.82, 2.24) is 4.72 Å². The van der Waals surface area contributed by atoms with E-state index in [0.717, 1.165) is 5.56 Å². The minimum absolute atomic E-state index is 0.00991. The van der Waals surface area contributed by atoms with Crippen molar-refractivity contribution in [2.75, 3.05) is 0 Å². The molecular formula is C12H11NO6S. The van der Waals surface area contributed by atoms with E-state index in [2.05, 4.69) is 4.18 Å². The van der Waals surface area contributed by atoms with E-state index < -0.39 is 15.9 Å². The third-order valence-corrected chi connectivity index (χ3v) is 3.62. The topological polar surface area (TPSA) is 103 Å². The van der Waals surface area contributed by atoms with Gasteiger partial charge in [0.1, 0.15) is 11.3 Å². The second-order valence-corrected chi connectivity index (χ2v) is 5.38. The summed E-state index contributed by atoms with van der Waals surface area (Å²) in [6, 6.07) is 4.25. The monoisotopic (exact) mass is 297 g/mol. The maximum atomic E-state index is 11.6. The van der Waals surface area contributed by atoms with Gasteiger partial charge in [0, 0.05) is 17.0 Å². The number of aryl methyl sites for hydroxylation is 1. The first-order valence-corrected chi connectivity index (χ1v) is 6.94. The van der Waals surface area contributed by atoms with E-state index >= 15 is 0 Å². The van der Waals surface area contributed by atoms with Crippen LogP contribution in [0.15, 0.2) is 27.4 Å². The second-order valence-electron chi connectivity index (χ2n) is 4.07. The molecule has 0 aliphatic heterocycles. The number of hydrogen-bond donors (Lipinski definition) is 1. The van der Waals surface area contributed by atoms with Crippen LogP contribution in [0.2, 0.25) is 0 Å². The van der Waals surface area contributed by atoms with Gasteiger partial charge < -0.3 is 8.60 Å². The maximum Gasteiger partial charge on any atom is 0.409 e. The normalized spacial score (nSPS) is 11.3. The highest BCUT2D eigenvalue weighted by atomic mass is 32.2. The smallest absolute Gasteiger partial charge is 0.409 e. The largest absolute Gasteiger partial charge is 0.422 e. The van der Waals surface area contributed by atoms with Gasteiger partial charge in [0.05, 0.1) is 0 Å². The molecule has 0 unspecified atom stereocenters. The highest BCUT2D eigenvalue weighted by Gasteiger charge is 2.13. The molecule has 2 rings (SSSR count). The number of fused-ring (bicyclic) bond motifs is 1. The van der Waals surface area contributed by atoms with Crippen LogP contribution in [0.4, 0.5) is 0 Å². The van der Waals surface area contributed by atoms with Crippen LogP contribution in [-0.4, -0.2) is 14.8 Å². The molecule has 1 aromatic heterocycles. The molecule has 0 aliphatic rings. The van der Waals surface area contributed by atoms with Gasteiger partial charge in [-0.2, -0.15) is 8.42 Å². The number of nitrogens with one attached hydrogen (secondary N) is 1. The third-order valence-electron chi connectivity index (χ3n) is 2.83. The van der Waals surface area contributed by atoms with Crippen LogP contribution in [0.25, 0.3) is 11.0 Å². The van der Waals surface area contributed by atoms with Crippen molar-refractivity contribution in [2.45, 2.75) is 13.8 Å². The summed E-state index contributed by atoms with van der Waals surface area (Å²) in [6.45, 7) is 3.41. The Morgan fingerprint density at radius 2 is 1.95 bits per heavy atom. The van der Waals surface area contributed by atoms with Crippen molar-refractivity contribution in [3.8, 4) is 5.75 Å². The van der Waals surface area contributed by atoms with Crippen molar-refractivity contribution in [3.63, 3.8) is 0 Å². The fourth-order valence-electron chi connectivity index (χ4n) is 1.69. The molecule has 0 fully saturated rings. The van der Waals surface area contributed by atoms with Gasteiger partial charge in [-0.3, -0.25) is 4.79 Å². The molecule has 8 heteroatoms. The SMILES string of the molecule is Cc1c(C)c2ccc(OS(=O)(=O)NC=O)cc2oc1=O. The molecule has 20 heavy (non-hydrogen) atoms. The van der Waals surface area contributed by atoms with Crippen LogP contribution < -0.4 is 14.5 Å². The molecule has 0 saturated heterocycles. The van der Waals surface area contributed by atoms with Crippen LogP contribution in [0.3, 0.4) is 0 Å². The molecule has 0 bridgehead atoms. The minimum atomic E-state index is -4.22. The van der Waals surface area contributed by atoms with Gasteiger partial charge >= 0.3 is 15.9 Å². The lowest BCUT2D eigenvalue weighted by Gasteiger charge is -2.07. The van der Waals surface area contributed by atoms with E-state index in [4.69, 9.17) is 4.42 Å². The molecule has 106 valence electrons. The molecule has 2 aromatic rings. The van der Waals surface area contributed by atoms with Gasteiger partial charge in [-0.25, -0.2) is 9.52 Å². The third kappa shape index (κ3) is 2.64. The fourth-order valence-corrected chi connectivity index (χ4v) is 2.21. The molecule has 1 amide bonds. The van der Waals surface area contributed by atoms with E-state index in [-0.39, 0.29) is 17.7 Å². The van der Waals surface area contributed by atoms with E-state index in [9.17, 15) is 18.0 Å². The summed E-state index contributed by atoms with van der Waals surface area (Å²) >= 11 is 0. The Kier molecular flexibility index (Phi) is 3.49. The highest BCUT2D eigenvalue weighted by Crippen LogP contribution is 2.24. The molecule has 1 N–H and O–H groups in total. The number of hydrogen-bond acceptors (Lipinski definition) is 6. The summed E-state index contributed by atoms with van der Waals surface area (Å²) < 4.78 is 33.8. The molecule has 1 aromatic carbocycles. The number of amides is 1. The molecule has 0 aliphatic carbocycles. The van der Waals surface area contributed by atoms with E-state index in [1.54, 1.807) is 19.9 Å². The van der Waals surface area contributed by atoms with E-state index in [1.807, 2.05) is 0 Å². The highest BCUT2D eigenvalue weighted by molar-refractivity contribution is 7.85. The second kappa shape index (κ2) is 4.97. The van der Waals surface area contributed by atoms with Gasteiger partial charge in [0.2, 0.25) is 6.41 Å². The minimum Gasteiger partial charge on any atom is -0.422 e. The van der Waals surface area contributed by atoms with Crippen LogP contribution in [0.5, 0.6) is 5.75 Å². The summed E-state index contributed by atoms with van der Waals surface area (Å²) in [5.74, 6) is -0.0711. The van der Waals surface area contributed by atoms with Crippen LogP contribution >= 0.6 is 0 Å². The van der Waals surface area contributed by atoms with Gasteiger partial charge in [0.15, 0.2) is 0 Å². The summed E-state index contributed by atoms with van der Waals surface area (Å²) in [4.78, 5) is 21.7. The molecule has 1 heterocycles. The molecule has 0 atom stereocenters. The van der Waals surface area contributed by atoms with Crippen LogP contribution in [0, 0.1) is 13.8 Å². The zero-order valence-electron chi connectivity index (χ0n) is 10.7.